The molecule has 0 spiro atoms. The van der Waals surface area contributed by atoms with Crippen molar-refractivity contribution in [3.05, 3.63) is 0 Å². The zero-order chi connectivity index (χ0) is 24.7. The van der Waals surface area contributed by atoms with Crippen LogP contribution in [0.2, 0.25) is 0 Å². The number of hydrogen-bond acceptors (Lipinski definition) is 10. The third-order valence-corrected chi connectivity index (χ3v) is 13.2. The second-order valence-electron chi connectivity index (χ2n) is 7.18. The molecule has 0 bridgehead atoms. The van der Waals surface area contributed by atoms with Crippen molar-refractivity contribution in [3.63, 3.8) is 0 Å². The summed E-state index contributed by atoms with van der Waals surface area (Å²) in [5.74, 6) is -1.86. The Bertz CT molecular complexity index is 602. The summed E-state index contributed by atoms with van der Waals surface area (Å²) in [7, 11) is 0. The first-order valence-corrected chi connectivity index (χ1v) is 15.3. The molecule has 0 aromatic heterocycles. The molecule has 11 heteroatoms. The Balaban J connectivity index is 6.05. The molecule has 0 aromatic rings. The summed E-state index contributed by atoms with van der Waals surface area (Å²) in [5, 5.41) is 0. The number of ether oxygens (including phenoxy) is 3. The molecule has 0 amide bonds. The molecule has 0 radical (unpaired) electrons. The van der Waals surface area contributed by atoms with Gasteiger partial charge in [-0.2, -0.15) is 0 Å². The molecule has 0 N–H and O–H groups in total. The van der Waals surface area contributed by atoms with Crippen molar-refractivity contribution in [1.82, 2.24) is 0 Å². The van der Waals surface area contributed by atoms with E-state index in [2.05, 4.69) is 0 Å². The molecule has 0 aliphatic carbocycles. The average molecular weight is 538 g/mol. The van der Waals surface area contributed by atoms with Crippen molar-refractivity contribution in [2.75, 3.05) is 39.6 Å². The van der Waals surface area contributed by atoms with Crippen LogP contribution in [-0.2, 0) is 66.5 Å². The van der Waals surface area contributed by atoms with Gasteiger partial charge >= 0.3 is 194 Å². The number of Topliss-reactive ketones (excluding diaryl/α,β-unsaturated/α-hetero) is 3. The van der Waals surface area contributed by atoms with Crippen LogP contribution in [0.4, 0.5) is 0 Å². The van der Waals surface area contributed by atoms with Crippen LogP contribution in [0.15, 0.2) is 0 Å². The zero-order valence-electron chi connectivity index (χ0n) is 19.5. The molecular weight excluding hydrogens is 503 g/mol. The molecule has 0 saturated heterocycles. The predicted molar refractivity (Wildman–Crippen MR) is 110 cm³/mol. The quantitative estimate of drug-likeness (QED) is 0.207. The molecule has 0 saturated carbocycles. The first-order chi connectivity index (χ1) is 15.0. The van der Waals surface area contributed by atoms with Crippen molar-refractivity contribution in [1.29, 1.82) is 0 Å². The van der Waals surface area contributed by atoms with Gasteiger partial charge in [-0.25, -0.2) is 0 Å². The van der Waals surface area contributed by atoms with Crippen LogP contribution in [0, 0.1) is 0 Å². The molecule has 0 fully saturated rings. The Morgan fingerprint density at radius 1 is 0.594 bits per heavy atom. The van der Waals surface area contributed by atoms with E-state index in [-0.39, 0.29) is 39.6 Å². The topological polar surface area (TPSA) is 139 Å². The molecule has 0 aromatic carbocycles. The Morgan fingerprint density at radius 3 is 1.09 bits per heavy atom. The van der Waals surface area contributed by atoms with E-state index < -0.39 is 73.9 Å². The molecule has 0 unspecified atom stereocenters. The second kappa shape index (κ2) is 16.4. The fraction of sp³-hybridized carbons (Fsp3) is 0.714. The van der Waals surface area contributed by atoms with E-state index in [0.29, 0.717) is 0 Å². The van der Waals surface area contributed by atoms with Gasteiger partial charge in [-0.15, -0.1) is 0 Å². The summed E-state index contributed by atoms with van der Waals surface area (Å²) in [6.45, 7) is 7.72. The molecule has 10 nitrogen and oxygen atoms in total. The molecule has 0 aliphatic rings. The first kappa shape index (κ1) is 30.7. The summed E-state index contributed by atoms with van der Waals surface area (Å²) in [6.07, 6.45) is -2.92. The number of ketones is 3. The van der Waals surface area contributed by atoms with E-state index >= 15 is 0 Å². The van der Waals surface area contributed by atoms with E-state index in [1.54, 1.807) is 20.8 Å². The van der Waals surface area contributed by atoms with E-state index in [0.717, 1.165) is 0 Å². The van der Waals surface area contributed by atoms with Crippen molar-refractivity contribution in [2.45, 2.75) is 60.0 Å². The van der Waals surface area contributed by atoms with Crippen LogP contribution in [0.25, 0.3) is 0 Å². The Hall–Kier alpha value is -1.26. The Kier molecular flexibility index (Phi) is 15.7. The van der Waals surface area contributed by atoms with Gasteiger partial charge in [0, 0.05) is 0 Å². The van der Waals surface area contributed by atoms with Gasteiger partial charge < -0.3 is 0 Å². The van der Waals surface area contributed by atoms with Gasteiger partial charge in [-0.3, -0.25) is 0 Å². The molecule has 0 aliphatic heterocycles. The van der Waals surface area contributed by atoms with Crippen LogP contribution in [0.3, 0.4) is 0 Å². The van der Waals surface area contributed by atoms with Gasteiger partial charge in [-0.1, -0.05) is 0 Å². The maximum atomic E-state index is 13.2. The Labute approximate surface area is 193 Å². The van der Waals surface area contributed by atoms with Crippen LogP contribution in [0.5, 0.6) is 0 Å². The monoisotopic (exact) mass is 536 g/mol. The third-order valence-electron chi connectivity index (χ3n) is 4.07. The minimum absolute atomic E-state index is 0.243. The van der Waals surface area contributed by atoms with Gasteiger partial charge in [0.2, 0.25) is 0 Å². The standard InChI is InChI=1S/3C6H9O3.C3H7O.Zr/c3*1-2-9-5-6(8)3-4-7;1-3(2)4;/h3*2-3,5H2,1H3;3H,1-2H3;/q;;;-1;+1. The zero-order valence-corrected chi connectivity index (χ0v) is 22.0. The number of hydrogen-bond donors (Lipinski definition) is 0. The Morgan fingerprint density at radius 2 is 0.875 bits per heavy atom. The molecule has 182 valence electrons. The maximum absolute atomic E-state index is 13.2. The van der Waals surface area contributed by atoms with Gasteiger partial charge in [0.15, 0.2) is 0 Å². The second-order valence-corrected chi connectivity index (χ2v) is 15.2. The number of rotatable bonds is 20. The van der Waals surface area contributed by atoms with Gasteiger partial charge in [0.25, 0.3) is 0 Å². The normalized spacial score (nSPS) is 11.4. The summed E-state index contributed by atoms with van der Waals surface area (Å²) in [5.41, 5.74) is 0. The van der Waals surface area contributed by atoms with E-state index in [9.17, 15) is 28.8 Å². The molecular formula is C21H34O10Zr. The van der Waals surface area contributed by atoms with Gasteiger partial charge in [-0.05, 0) is 0 Å². The minimum atomic E-state index is -5.72. The molecule has 32 heavy (non-hydrogen) atoms. The first-order valence-electron chi connectivity index (χ1n) is 10.6. The summed E-state index contributed by atoms with van der Waals surface area (Å²) < 4.78 is 17.9. The van der Waals surface area contributed by atoms with Crippen LogP contribution in [0.1, 0.15) is 53.9 Å². The van der Waals surface area contributed by atoms with Crippen LogP contribution in [-0.4, -0.2) is 73.6 Å². The van der Waals surface area contributed by atoms with Crippen LogP contribution >= 0.6 is 0 Å². The van der Waals surface area contributed by atoms with E-state index in [1.165, 1.54) is 13.8 Å². The predicted octanol–water partition coefficient (Wildman–Crippen LogP) is 1.05. The molecule has 0 rings (SSSR count). The SMILES string of the molecule is CCOCC(=O)C[C](=O)[Zr]([O]C(C)C)([C](=O)CC(=O)COCC)[C](=O)CC(=O)COCC. The van der Waals surface area contributed by atoms with Crippen molar-refractivity contribution in [3.8, 4) is 0 Å². The van der Waals surface area contributed by atoms with E-state index in [1.807, 2.05) is 0 Å². The van der Waals surface area contributed by atoms with Crippen LogP contribution < -0.4 is 0 Å². The summed E-state index contributed by atoms with van der Waals surface area (Å²) >= 11 is -5.72. The summed E-state index contributed by atoms with van der Waals surface area (Å²) in [6, 6.07) is 0. The molecule has 0 heterocycles. The fourth-order valence-electron chi connectivity index (χ4n) is 2.73. The average Bonchev–Trinajstić information content (AvgIpc) is 2.72. The van der Waals surface area contributed by atoms with Gasteiger partial charge in [0.1, 0.15) is 0 Å². The van der Waals surface area contributed by atoms with Crippen molar-refractivity contribution >= 4 is 27.8 Å². The van der Waals surface area contributed by atoms with Crippen molar-refractivity contribution < 1.29 is 66.5 Å². The van der Waals surface area contributed by atoms with E-state index in [4.69, 9.17) is 17.0 Å². The number of carbonyl (C=O) groups is 6. The number of carbonyl (C=O) groups excluding carboxylic acids is 6. The van der Waals surface area contributed by atoms with Crippen molar-refractivity contribution in [2.24, 2.45) is 0 Å². The molecule has 0 atom stereocenters. The fourth-order valence-corrected chi connectivity index (χ4v) is 11.0. The summed E-state index contributed by atoms with van der Waals surface area (Å²) in [4.78, 5) is 76.1. The third kappa shape index (κ3) is 10.6. The van der Waals surface area contributed by atoms with Gasteiger partial charge in [0.05, 0.1) is 0 Å².